The zero-order valence-corrected chi connectivity index (χ0v) is 17.7. The van der Waals surface area contributed by atoms with Gasteiger partial charge >= 0.3 is 6.09 Å². The zero-order valence-electron chi connectivity index (χ0n) is 14.5. The molecule has 0 saturated heterocycles. The number of phenols is 1. The highest BCUT2D eigenvalue weighted by Crippen LogP contribution is 2.45. The number of nitrogens with one attached hydrogen (secondary N) is 1. The van der Waals surface area contributed by atoms with E-state index in [1.807, 2.05) is 19.9 Å². The molecule has 0 saturated carbocycles. The monoisotopic (exact) mass is 485 g/mol. The number of amides is 1. The van der Waals surface area contributed by atoms with Crippen molar-refractivity contribution < 1.29 is 19.7 Å². The Kier molecular flexibility index (Phi) is 7.08. The van der Waals surface area contributed by atoms with Crippen LogP contribution in [0.2, 0.25) is 0 Å². The molecule has 0 heterocycles. The van der Waals surface area contributed by atoms with Crippen LogP contribution in [0.25, 0.3) is 0 Å². The predicted molar refractivity (Wildman–Crippen MR) is 108 cm³/mol. The maximum Gasteiger partial charge on any atom is 0.412 e. The normalized spacial score (nSPS) is 12.5. The molecular formula is C19H21Br2NO4. The summed E-state index contributed by atoms with van der Waals surface area (Å²) in [6.45, 7) is 3.68. The number of carbonyl (C=O) groups excluding carboxylic acids is 1. The zero-order chi connectivity index (χ0) is 19.3. The van der Waals surface area contributed by atoms with Crippen LogP contribution in [0.5, 0.6) is 5.75 Å². The van der Waals surface area contributed by atoms with Crippen molar-refractivity contribution in [3.05, 3.63) is 57.0 Å². The Labute approximate surface area is 169 Å². The van der Waals surface area contributed by atoms with E-state index in [4.69, 9.17) is 4.74 Å². The maximum atomic E-state index is 12.4. The molecule has 0 fully saturated rings. The van der Waals surface area contributed by atoms with E-state index in [0.29, 0.717) is 22.1 Å². The van der Waals surface area contributed by atoms with Crippen LogP contribution in [-0.2, 0) is 4.74 Å². The third kappa shape index (κ3) is 5.22. The first-order chi connectivity index (χ1) is 12.2. The molecular weight excluding hydrogens is 466 g/mol. The summed E-state index contributed by atoms with van der Waals surface area (Å²) in [5.41, 5.74) is 0.448. The fourth-order valence-electron chi connectivity index (χ4n) is 2.62. The van der Waals surface area contributed by atoms with Crippen molar-refractivity contribution in [2.75, 3.05) is 11.9 Å². The highest BCUT2D eigenvalue weighted by Gasteiger charge is 2.36. The Balaban J connectivity index is 2.35. The van der Waals surface area contributed by atoms with Gasteiger partial charge in [0.15, 0.2) is 0 Å². The largest absolute Gasteiger partial charge is 0.506 e. The standard InChI is InChI=1S/C19H21Br2NO4/c1-19(2,8-9-23)17(14-10-12(20)11-15(21)16(14)24)26-18(25)22-13-6-4-3-5-7-13/h3-7,10-11,17,23-24H,8-9H2,1-2H3,(H,22,25)/t17-/m0/s1. The Morgan fingerprint density at radius 3 is 2.50 bits per heavy atom. The molecule has 1 atom stereocenters. The highest BCUT2D eigenvalue weighted by atomic mass is 79.9. The topological polar surface area (TPSA) is 78.8 Å². The summed E-state index contributed by atoms with van der Waals surface area (Å²) in [5.74, 6) is -0.00303. The molecule has 26 heavy (non-hydrogen) atoms. The molecule has 0 radical (unpaired) electrons. The maximum absolute atomic E-state index is 12.4. The molecule has 7 heteroatoms. The Hall–Kier alpha value is -1.57. The lowest BCUT2D eigenvalue weighted by atomic mass is 9.79. The number of aromatic hydroxyl groups is 1. The number of phenolic OH excluding ortho intramolecular Hbond substituents is 1. The Bertz CT molecular complexity index is 766. The van der Waals surface area contributed by atoms with Crippen LogP contribution in [0.3, 0.4) is 0 Å². The Morgan fingerprint density at radius 2 is 1.88 bits per heavy atom. The second-order valence-electron chi connectivity index (χ2n) is 6.56. The van der Waals surface area contributed by atoms with E-state index in [2.05, 4.69) is 37.2 Å². The first-order valence-corrected chi connectivity index (χ1v) is 9.64. The number of ether oxygens (including phenoxy) is 1. The molecule has 140 valence electrons. The van der Waals surface area contributed by atoms with Crippen LogP contribution < -0.4 is 5.32 Å². The number of rotatable bonds is 6. The molecule has 0 aliphatic rings. The SMILES string of the molecule is CC(C)(CCO)[C@@H](OC(=O)Nc1ccccc1)c1cc(Br)cc(Br)c1O. The van der Waals surface area contributed by atoms with Gasteiger partial charge in [0, 0.05) is 27.7 Å². The average Bonchev–Trinajstić information content (AvgIpc) is 2.57. The molecule has 0 spiro atoms. The van der Waals surface area contributed by atoms with E-state index < -0.39 is 17.6 Å². The number of carbonyl (C=O) groups is 1. The van der Waals surface area contributed by atoms with Crippen LogP contribution in [0.4, 0.5) is 10.5 Å². The highest BCUT2D eigenvalue weighted by molar-refractivity contribution is 9.11. The van der Waals surface area contributed by atoms with E-state index in [-0.39, 0.29) is 12.4 Å². The van der Waals surface area contributed by atoms with Gasteiger partial charge < -0.3 is 14.9 Å². The summed E-state index contributed by atoms with van der Waals surface area (Å²) in [7, 11) is 0. The number of hydrogen-bond acceptors (Lipinski definition) is 4. The summed E-state index contributed by atoms with van der Waals surface area (Å²) >= 11 is 6.70. The summed E-state index contributed by atoms with van der Waals surface area (Å²) in [6, 6.07) is 12.4. The van der Waals surface area contributed by atoms with Gasteiger partial charge in [0.2, 0.25) is 0 Å². The third-order valence-electron chi connectivity index (χ3n) is 4.05. The van der Waals surface area contributed by atoms with Gasteiger partial charge in [-0.25, -0.2) is 4.79 Å². The molecule has 2 rings (SSSR count). The van der Waals surface area contributed by atoms with Crippen LogP contribution in [0.15, 0.2) is 51.4 Å². The number of aliphatic hydroxyl groups excluding tert-OH is 1. The van der Waals surface area contributed by atoms with Gasteiger partial charge in [0.25, 0.3) is 0 Å². The van der Waals surface area contributed by atoms with Gasteiger partial charge in [-0.15, -0.1) is 0 Å². The first-order valence-electron chi connectivity index (χ1n) is 8.06. The predicted octanol–water partition coefficient (Wildman–Crippen LogP) is 5.62. The molecule has 0 bridgehead atoms. The minimum Gasteiger partial charge on any atom is -0.506 e. The van der Waals surface area contributed by atoms with E-state index in [0.717, 1.165) is 4.47 Å². The number of anilines is 1. The van der Waals surface area contributed by atoms with Crippen molar-refractivity contribution >= 4 is 43.6 Å². The van der Waals surface area contributed by atoms with Crippen molar-refractivity contribution in [3.63, 3.8) is 0 Å². The fourth-order valence-corrected chi connectivity index (χ4v) is 3.88. The molecule has 0 aromatic heterocycles. The van der Waals surface area contributed by atoms with Gasteiger partial charge in [0.05, 0.1) is 4.47 Å². The Morgan fingerprint density at radius 1 is 1.23 bits per heavy atom. The minimum atomic E-state index is -0.771. The van der Waals surface area contributed by atoms with Gasteiger partial charge in [-0.05, 0) is 46.6 Å². The summed E-state index contributed by atoms with van der Waals surface area (Å²) in [6.07, 6.45) is -1.02. The first kappa shape index (κ1) is 20.7. The van der Waals surface area contributed by atoms with Crippen molar-refractivity contribution in [2.45, 2.75) is 26.4 Å². The molecule has 0 aliphatic heterocycles. The van der Waals surface area contributed by atoms with Gasteiger partial charge in [0.1, 0.15) is 11.9 Å². The quantitative estimate of drug-likeness (QED) is 0.495. The molecule has 0 unspecified atom stereocenters. The van der Waals surface area contributed by atoms with E-state index in [9.17, 15) is 15.0 Å². The van der Waals surface area contributed by atoms with Crippen LogP contribution in [0.1, 0.15) is 31.9 Å². The average molecular weight is 487 g/mol. The molecule has 2 aromatic carbocycles. The molecule has 0 aliphatic carbocycles. The second kappa shape index (κ2) is 8.88. The van der Waals surface area contributed by atoms with Crippen molar-refractivity contribution in [1.82, 2.24) is 0 Å². The summed E-state index contributed by atoms with van der Waals surface area (Å²) in [4.78, 5) is 12.4. The molecule has 2 aromatic rings. The van der Waals surface area contributed by atoms with Crippen molar-refractivity contribution in [2.24, 2.45) is 5.41 Å². The summed E-state index contributed by atoms with van der Waals surface area (Å²) in [5, 5.41) is 22.6. The fraction of sp³-hybridized carbons (Fsp3) is 0.316. The smallest absolute Gasteiger partial charge is 0.412 e. The molecule has 5 nitrogen and oxygen atoms in total. The van der Waals surface area contributed by atoms with Crippen LogP contribution in [-0.4, -0.2) is 22.9 Å². The molecule has 3 N–H and O–H groups in total. The number of para-hydroxylation sites is 1. The van der Waals surface area contributed by atoms with Gasteiger partial charge in [-0.3, -0.25) is 5.32 Å². The van der Waals surface area contributed by atoms with Crippen LogP contribution in [0, 0.1) is 5.41 Å². The lowest BCUT2D eigenvalue weighted by Gasteiger charge is -2.34. The number of benzene rings is 2. The van der Waals surface area contributed by atoms with Gasteiger partial charge in [-0.1, -0.05) is 48.0 Å². The second-order valence-corrected chi connectivity index (χ2v) is 8.33. The van der Waals surface area contributed by atoms with Crippen LogP contribution >= 0.6 is 31.9 Å². The number of halogens is 2. The van der Waals surface area contributed by atoms with Gasteiger partial charge in [-0.2, -0.15) is 0 Å². The van der Waals surface area contributed by atoms with E-state index in [1.54, 1.807) is 36.4 Å². The summed E-state index contributed by atoms with van der Waals surface area (Å²) < 4.78 is 6.90. The molecule has 1 amide bonds. The van der Waals surface area contributed by atoms with E-state index >= 15 is 0 Å². The lowest BCUT2D eigenvalue weighted by Crippen LogP contribution is -2.30. The van der Waals surface area contributed by atoms with Crippen molar-refractivity contribution in [3.8, 4) is 5.75 Å². The minimum absolute atomic E-state index is 0.00303. The number of aliphatic hydroxyl groups is 1. The number of hydrogen-bond donors (Lipinski definition) is 3. The lowest BCUT2D eigenvalue weighted by molar-refractivity contribution is 0.0138. The van der Waals surface area contributed by atoms with E-state index in [1.165, 1.54) is 0 Å². The van der Waals surface area contributed by atoms with Crippen molar-refractivity contribution in [1.29, 1.82) is 0 Å². The third-order valence-corrected chi connectivity index (χ3v) is 5.11.